The fourth-order valence-corrected chi connectivity index (χ4v) is 1.23. The van der Waals surface area contributed by atoms with Gasteiger partial charge in [0.25, 0.3) is 0 Å². The van der Waals surface area contributed by atoms with E-state index in [1.807, 2.05) is 19.1 Å². The summed E-state index contributed by atoms with van der Waals surface area (Å²) in [6.45, 7) is 7.89. The third-order valence-electron chi connectivity index (χ3n) is 1.25. The maximum atomic E-state index is 3.77. The van der Waals surface area contributed by atoms with E-state index >= 15 is 0 Å². The molecule has 62 valence electrons. The Balaban J connectivity index is 3.80. The van der Waals surface area contributed by atoms with Crippen molar-refractivity contribution in [3.63, 3.8) is 0 Å². The SMILES string of the molecule is C=C(C)C=CC=C(C)CCBr. The fourth-order valence-electron chi connectivity index (χ4n) is 0.609. The van der Waals surface area contributed by atoms with Crippen molar-refractivity contribution in [3.05, 3.63) is 36.0 Å². The molecule has 0 saturated carbocycles. The van der Waals surface area contributed by atoms with Gasteiger partial charge in [-0.25, -0.2) is 0 Å². The second kappa shape index (κ2) is 6.41. The molecule has 0 aliphatic rings. The van der Waals surface area contributed by atoms with E-state index in [2.05, 4.69) is 35.5 Å². The van der Waals surface area contributed by atoms with Gasteiger partial charge < -0.3 is 0 Å². The molecule has 0 aliphatic carbocycles. The molecule has 0 nitrogen and oxygen atoms in total. The second-order valence-corrected chi connectivity index (χ2v) is 3.45. The monoisotopic (exact) mass is 214 g/mol. The van der Waals surface area contributed by atoms with Gasteiger partial charge in [-0.2, -0.15) is 0 Å². The van der Waals surface area contributed by atoms with Gasteiger partial charge in [0.2, 0.25) is 0 Å². The van der Waals surface area contributed by atoms with Crippen LogP contribution in [0.5, 0.6) is 0 Å². The van der Waals surface area contributed by atoms with Crippen LogP contribution in [0, 0.1) is 0 Å². The third kappa shape index (κ3) is 7.60. The van der Waals surface area contributed by atoms with Gasteiger partial charge in [0.15, 0.2) is 0 Å². The van der Waals surface area contributed by atoms with E-state index in [-0.39, 0.29) is 0 Å². The molecule has 0 spiro atoms. The number of hydrogen-bond acceptors (Lipinski definition) is 0. The van der Waals surface area contributed by atoms with Gasteiger partial charge in [-0.15, -0.1) is 0 Å². The summed E-state index contributed by atoms with van der Waals surface area (Å²) in [5.74, 6) is 0. The molecule has 0 radical (unpaired) electrons. The highest BCUT2D eigenvalue weighted by atomic mass is 79.9. The van der Waals surface area contributed by atoms with Crippen molar-refractivity contribution < 1.29 is 0 Å². The number of rotatable bonds is 4. The first-order valence-electron chi connectivity index (χ1n) is 3.72. The van der Waals surface area contributed by atoms with E-state index in [0.29, 0.717) is 0 Å². The van der Waals surface area contributed by atoms with Gasteiger partial charge in [-0.1, -0.05) is 51.9 Å². The topological polar surface area (TPSA) is 0 Å². The maximum absolute atomic E-state index is 3.77. The van der Waals surface area contributed by atoms with Gasteiger partial charge in [0.05, 0.1) is 0 Å². The summed E-state index contributed by atoms with van der Waals surface area (Å²) in [5, 5.41) is 1.04. The lowest BCUT2D eigenvalue weighted by Crippen LogP contribution is -1.75. The molecule has 0 aromatic carbocycles. The van der Waals surface area contributed by atoms with E-state index < -0.39 is 0 Å². The zero-order chi connectivity index (χ0) is 8.69. The summed E-state index contributed by atoms with van der Waals surface area (Å²) < 4.78 is 0. The minimum absolute atomic E-state index is 1.04. The highest BCUT2D eigenvalue weighted by Gasteiger charge is 1.83. The summed E-state index contributed by atoms with van der Waals surface area (Å²) in [6.07, 6.45) is 7.29. The molecule has 0 fully saturated rings. The van der Waals surface area contributed by atoms with Crippen LogP contribution in [0.1, 0.15) is 20.3 Å². The minimum Gasteiger partial charge on any atom is -0.0961 e. The smallest absolute Gasteiger partial charge is 0.00685 e. The summed E-state index contributed by atoms with van der Waals surface area (Å²) in [6, 6.07) is 0. The first-order valence-corrected chi connectivity index (χ1v) is 4.84. The number of alkyl halides is 1. The molecule has 0 aromatic rings. The van der Waals surface area contributed by atoms with Crippen LogP contribution in [0.2, 0.25) is 0 Å². The first kappa shape index (κ1) is 10.7. The Kier molecular flexibility index (Phi) is 6.24. The largest absolute Gasteiger partial charge is 0.0961 e. The van der Waals surface area contributed by atoms with Gasteiger partial charge in [0, 0.05) is 5.33 Å². The quantitative estimate of drug-likeness (QED) is 0.493. The predicted molar refractivity (Wildman–Crippen MR) is 56.1 cm³/mol. The summed E-state index contributed by atoms with van der Waals surface area (Å²) in [4.78, 5) is 0. The number of halogens is 1. The Hall–Kier alpha value is -0.300. The molecule has 0 amide bonds. The van der Waals surface area contributed by atoms with Crippen LogP contribution in [0.15, 0.2) is 36.0 Å². The minimum atomic E-state index is 1.04. The van der Waals surface area contributed by atoms with E-state index in [1.165, 1.54) is 5.57 Å². The summed E-state index contributed by atoms with van der Waals surface area (Å²) in [7, 11) is 0. The molecule has 0 heterocycles. The van der Waals surface area contributed by atoms with Crippen molar-refractivity contribution in [1.29, 1.82) is 0 Å². The maximum Gasteiger partial charge on any atom is 0.00685 e. The Morgan fingerprint density at radius 2 is 2.09 bits per heavy atom. The van der Waals surface area contributed by atoms with Crippen molar-refractivity contribution in [2.24, 2.45) is 0 Å². The Morgan fingerprint density at radius 3 is 2.55 bits per heavy atom. The van der Waals surface area contributed by atoms with Crippen LogP contribution < -0.4 is 0 Å². The molecule has 0 bridgehead atoms. The Bertz CT molecular complexity index is 175. The zero-order valence-corrected chi connectivity index (χ0v) is 8.82. The van der Waals surface area contributed by atoms with Crippen LogP contribution >= 0.6 is 15.9 Å². The van der Waals surface area contributed by atoms with Crippen molar-refractivity contribution in [2.45, 2.75) is 20.3 Å². The Labute approximate surface area is 77.8 Å². The number of allylic oxidation sites excluding steroid dienone is 5. The van der Waals surface area contributed by atoms with Crippen LogP contribution in [0.3, 0.4) is 0 Å². The molecule has 0 unspecified atom stereocenters. The third-order valence-corrected chi connectivity index (χ3v) is 1.65. The van der Waals surface area contributed by atoms with E-state index in [9.17, 15) is 0 Å². The molecular weight excluding hydrogens is 200 g/mol. The molecule has 0 saturated heterocycles. The fraction of sp³-hybridized carbons (Fsp3) is 0.400. The van der Waals surface area contributed by atoms with Gasteiger partial charge in [0.1, 0.15) is 0 Å². The van der Waals surface area contributed by atoms with Crippen LogP contribution in [-0.2, 0) is 0 Å². The average molecular weight is 215 g/mol. The van der Waals surface area contributed by atoms with Crippen molar-refractivity contribution in [2.75, 3.05) is 5.33 Å². The molecule has 0 atom stereocenters. The van der Waals surface area contributed by atoms with Crippen LogP contribution in [0.25, 0.3) is 0 Å². The second-order valence-electron chi connectivity index (χ2n) is 2.66. The lowest BCUT2D eigenvalue weighted by Gasteiger charge is -1.92. The van der Waals surface area contributed by atoms with Gasteiger partial charge >= 0.3 is 0 Å². The molecule has 11 heavy (non-hydrogen) atoms. The van der Waals surface area contributed by atoms with Crippen LogP contribution in [0.4, 0.5) is 0 Å². The standard InChI is InChI=1S/C10H15Br/c1-9(2)5-4-6-10(3)7-8-11/h4-6H,1,7-8H2,2-3H3. The molecule has 1 heteroatoms. The highest BCUT2D eigenvalue weighted by Crippen LogP contribution is 2.02. The molecule has 0 rings (SSSR count). The lowest BCUT2D eigenvalue weighted by molar-refractivity contribution is 1.12. The molecule has 0 N–H and O–H groups in total. The summed E-state index contributed by atoms with van der Waals surface area (Å²) >= 11 is 3.39. The molecule has 0 aliphatic heterocycles. The predicted octanol–water partition coefficient (Wildman–Crippen LogP) is 3.85. The highest BCUT2D eigenvalue weighted by molar-refractivity contribution is 9.09. The van der Waals surface area contributed by atoms with Crippen molar-refractivity contribution in [3.8, 4) is 0 Å². The lowest BCUT2D eigenvalue weighted by atomic mass is 10.2. The molecule has 0 aromatic heterocycles. The number of hydrogen-bond donors (Lipinski definition) is 0. The first-order chi connectivity index (χ1) is 5.16. The normalized spacial score (nSPS) is 12.5. The average Bonchev–Trinajstić information content (AvgIpc) is 1.87. The van der Waals surface area contributed by atoms with Crippen molar-refractivity contribution >= 4 is 15.9 Å². The van der Waals surface area contributed by atoms with E-state index in [1.54, 1.807) is 0 Å². The van der Waals surface area contributed by atoms with Gasteiger partial charge in [-0.3, -0.25) is 0 Å². The molecular formula is C10H15Br. The van der Waals surface area contributed by atoms with Crippen LogP contribution in [-0.4, -0.2) is 5.33 Å². The van der Waals surface area contributed by atoms with Crippen molar-refractivity contribution in [1.82, 2.24) is 0 Å². The Morgan fingerprint density at radius 1 is 1.45 bits per heavy atom. The van der Waals surface area contributed by atoms with Gasteiger partial charge in [-0.05, 0) is 20.3 Å². The van der Waals surface area contributed by atoms with E-state index in [4.69, 9.17) is 0 Å². The zero-order valence-electron chi connectivity index (χ0n) is 7.23. The van der Waals surface area contributed by atoms with E-state index in [0.717, 1.165) is 17.3 Å². The summed E-state index contributed by atoms with van der Waals surface area (Å²) in [5.41, 5.74) is 2.48.